The number of carbonyl (C=O) groups excluding carboxylic acids is 1. The molecule has 0 radical (unpaired) electrons. The van der Waals surface area contributed by atoms with E-state index in [0.717, 1.165) is 15.0 Å². The first kappa shape index (κ1) is 15.4. The van der Waals surface area contributed by atoms with E-state index >= 15 is 0 Å². The van der Waals surface area contributed by atoms with Crippen LogP contribution in [0.25, 0.3) is 11.3 Å². The maximum absolute atomic E-state index is 11.9. The molecule has 8 nitrogen and oxygen atoms in total. The first-order valence-corrected chi connectivity index (χ1v) is 8.98. The zero-order valence-electron chi connectivity index (χ0n) is 11.6. The number of rotatable bonds is 5. The van der Waals surface area contributed by atoms with E-state index in [0.29, 0.717) is 11.5 Å². The molecular formula is C13H9N7OSSe. The van der Waals surface area contributed by atoms with Gasteiger partial charge >= 0.3 is 141 Å². The number of nitriles is 1. The van der Waals surface area contributed by atoms with Gasteiger partial charge in [0.2, 0.25) is 0 Å². The number of nitrogens with zero attached hydrogens (tertiary/aromatic N) is 5. The molecule has 0 fully saturated rings. The first-order chi connectivity index (χ1) is 11.3. The van der Waals surface area contributed by atoms with E-state index in [9.17, 15) is 4.79 Å². The van der Waals surface area contributed by atoms with E-state index in [1.165, 1.54) is 18.1 Å². The van der Waals surface area contributed by atoms with Gasteiger partial charge in [0.25, 0.3) is 0 Å². The van der Waals surface area contributed by atoms with E-state index in [2.05, 4.69) is 35.8 Å². The Kier molecular flexibility index (Phi) is 4.83. The fraction of sp³-hybridized carbons (Fsp3) is 0.0769. The van der Waals surface area contributed by atoms with Crippen molar-refractivity contribution in [3.63, 3.8) is 0 Å². The minimum atomic E-state index is -0.180. The second kappa shape index (κ2) is 7.19. The van der Waals surface area contributed by atoms with Crippen LogP contribution in [0.5, 0.6) is 0 Å². The van der Waals surface area contributed by atoms with E-state index in [1.807, 2.05) is 12.1 Å². The molecule has 3 rings (SSSR count). The van der Waals surface area contributed by atoms with Gasteiger partial charge in [-0.1, -0.05) is 0 Å². The fourth-order valence-corrected chi connectivity index (χ4v) is 4.21. The summed E-state index contributed by atoms with van der Waals surface area (Å²) in [7, 11) is 0. The quantitative estimate of drug-likeness (QED) is 0.491. The number of benzene rings is 1. The van der Waals surface area contributed by atoms with Gasteiger partial charge in [-0.25, -0.2) is 0 Å². The van der Waals surface area contributed by atoms with Crippen molar-refractivity contribution < 1.29 is 4.79 Å². The Balaban J connectivity index is 1.66. The molecule has 0 aliphatic carbocycles. The zero-order valence-corrected chi connectivity index (χ0v) is 14.1. The van der Waals surface area contributed by atoms with Crippen LogP contribution in [0.2, 0.25) is 0 Å². The standard InChI is InChI=1S/C13H9N7OSSe/c14-5-8-1-3-9(4-2-8)11-12(23-20-18-11)22-6-10(21)17-13-15-7-16-19-13/h1-4,7H,6H2,(H2,15,16,17,19,21). The summed E-state index contributed by atoms with van der Waals surface area (Å²) in [6.45, 7) is 0. The molecule has 10 heteroatoms. The van der Waals surface area contributed by atoms with Gasteiger partial charge in [-0.15, -0.1) is 0 Å². The number of aromatic nitrogens is 5. The molecule has 114 valence electrons. The molecule has 2 aromatic heterocycles. The van der Waals surface area contributed by atoms with E-state index in [-0.39, 0.29) is 26.4 Å². The topological polar surface area (TPSA) is 120 Å². The van der Waals surface area contributed by atoms with Gasteiger partial charge in [0.05, 0.1) is 0 Å². The van der Waals surface area contributed by atoms with Gasteiger partial charge in [0.15, 0.2) is 0 Å². The van der Waals surface area contributed by atoms with Crippen LogP contribution in [-0.2, 0) is 4.79 Å². The third kappa shape index (κ3) is 3.84. The molecular weight excluding hydrogens is 381 g/mol. The molecule has 0 bridgehead atoms. The number of thioether (sulfide) groups is 1. The van der Waals surface area contributed by atoms with Crippen molar-refractivity contribution in [3.8, 4) is 17.3 Å². The average Bonchev–Trinajstić information content (AvgIpc) is 3.24. The second-order valence-electron chi connectivity index (χ2n) is 4.27. The third-order valence-corrected chi connectivity index (χ3v) is 5.84. The van der Waals surface area contributed by atoms with Crippen molar-refractivity contribution in [2.75, 3.05) is 11.1 Å². The summed E-state index contributed by atoms with van der Waals surface area (Å²) in [6.07, 6.45) is 1.33. The molecule has 0 saturated carbocycles. The Bertz CT molecular complexity index is 838. The first-order valence-electron chi connectivity index (χ1n) is 6.37. The average molecular weight is 390 g/mol. The predicted octanol–water partition coefficient (Wildman–Crippen LogP) is 0.921. The molecule has 2 N–H and O–H groups in total. The van der Waals surface area contributed by atoms with Gasteiger partial charge < -0.3 is 0 Å². The molecule has 23 heavy (non-hydrogen) atoms. The summed E-state index contributed by atoms with van der Waals surface area (Å²) in [6, 6.07) is 9.23. The van der Waals surface area contributed by atoms with E-state index in [1.54, 1.807) is 12.1 Å². The van der Waals surface area contributed by atoms with Gasteiger partial charge in [-0.2, -0.15) is 0 Å². The van der Waals surface area contributed by atoms with Crippen LogP contribution in [0.4, 0.5) is 5.95 Å². The molecule has 0 aliphatic heterocycles. The third-order valence-electron chi connectivity index (χ3n) is 2.75. The van der Waals surface area contributed by atoms with E-state index in [4.69, 9.17) is 5.26 Å². The molecule has 2 heterocycles. The monoisotopic (exact) mass is 391 g/mol. The minimum absolute atomic E-state index is 0.125. The molecule has 1 amide bonds. The molecule has 0 spiro atoms. The van der Waals surface area contributed by atoms with Crippen molar-refractivity contribution in [1.29, 1.82) is 5.26 Å². The molecule has 0 atom stereocenters. The van der Waals surface area contributed by atoms with Gasteiger partial charge in [0, 0.05) is 0 Å². The summed E-state index contributed by atoms with van der Waals surface area (Å²) in [5.74, 6) is 0.382. The number of hydrogen-bond donors (Lipinski definition) is 2. The zero-order chi connectivity index (χ0) is 16.1. The van der Waals surface area contributed by atoms with E-state index < -0.39 is 0 Å². The van der Waals surface area contributed by atoms with Crippen LogP contribution in [0.15, 0.2) is 34.4 Å². The summed E-state index contributed by atoms with van der Waals surface area (Å²) < 4.78 is 5.07. The van der Waals surface area contributed by atoms with Gasteiger partial charge in [-0.3, -0.25) is 0 Å². The van der Waals surface area contributed by atoms with Crippen LogP contribution in [0.1, 0.15) is 5.56 Å². The Hall–Kier alpha value is -2.47. The Morgan fingerprint density at radius 1 is 1.39 bits per heavy atom. The van der Waals surface area contributed by atoms with Crippen LogP contribution >= 0.6 is 11.8 Å². The van der Waals surface area contributed by atoms with Crippen LogP contribution in [0.3, 0.4) is 0 Å². The Morgan fingerprint density at radius 3 is 2.91 bits per heavy atom. The molecule has 3 aromatic rings. The fourth-order valence-electron chi connectivity index (χ4n) is 1.72. The number of amides is 1. The van der Waals surface area contributed by atoms with Crippen LogP contribution in [0, 0.1) is 11.3 Å². The van der Waals surface area contributed by atoms with Gasteiger partial charge in [0.1, 0.15) is 0 Å². The Morgan fingerprint density at radius 2 is 2.22 bits per heavy atom. The van der Waals surface area contributed by atoms with Crippen molar-refractivity contribution in [2.45, 2.75) is 3.77 Å². The summed E-state index contributed by atoms with van der Waals surface area (Å²) in [5, 5.41) is 21.8. The summed E-state index contributed by atoms with van der Waals surface area (Å²) in [5.41, 5.74) is 2.26. The number of aromatic amines is 1. The maximum atomic E-state index is 11.9. The van der Waals surface area contributed by atoms with Crippen molar-refractivity contribution in [3.05, 3.63) is 36.2 Å². The normalized spacial score (nSPS) is 10.2. The molecule has 0 unspecified atom stereocenters. The number of hydrogen-bond acceptors (Lipinski definition) is 7. The van der Waals surface area contributed by atoms with Gasteiger partial charge in [-0.05, 0) is 0 Å². The number of carbonyl (C=O) groups is 1. The van der Waals surface area contributed by atoms with Crippen LogP contribution in [-0.4, -0.2) is 50.8 Å². The van der Waals surface area contributed by atoms with Crippen LogP contribution < -0.4 is 5.32 Å². The molecule has 0 saturated heterocycles. The molecule has 1 aromatic carbocycles. The summed E-state index contributed by atoms with van der Waals surface area (Å²) >= 11 is 1.28. The van der Waals surface area contributed by atoms with Crippen molar-refractivity contribution >= 4 is 38.4 Å². The predicted molar refractivity (Wildman–Crippen MR) is 84.9 cm³/mol. The Labute approximate surface area is 141 Å². The van der Waals surface area contributed by atoms with Crippen molar-refractivity contribution in [1.82, 2.24) is 24.4 Å². The summed E-state index contributed by atoms with van der Waals surface area (Å²) in [4.78, 5) is 15.7. The number of anilines is 1. The second-order valence-corrected chi connectivity index (χ2v) is 7.42. The van der Waals surface area contributed by atoms with Crippen molar-refractivity contribution in [2.24, 2.45) is 0 Å². The SMILES string of the molecule is N#Cc1ccc(-c2nn[se]c2SCC(=O)Nc2ncn[nH]2)cc1. The number of H-pyrrole nitrogens is 1. The molecule has 0 aliphatic rings. The number of nitrogens with one attached hydrogen (secondary N) is 2.